The lowest BCUT2D eigenvalue weighted by molar-refractivity contribution is -0.125. The average Bonchev–Trinajstić information content (AvgIpc) is 2.49. The summed E-state index contributed by atoms with van der Waals surface area (Å²) in [5.74, 6) is 0.965. The highest BCUT2D eigenvalue weighted by molar-refractivity contribution is 5.80. The maximum Gasteiger partial charge on any atom is 0.224 e. The van der Waals surface area contributed by atoms with Gasteiger partial charge in [-0.05, 0) is 39.8 Å². The number of anilines is 1. The number of nitrogens with zero attached hydrogens (tertiary/aromatic N) is 3. The number of carbonyl (C=O) groups is 1. The fraction of sp³-hybridized carbons (Fsp3) is 0.375. The van der Waals surface area contributed by atoms with E-state index in [1.54, 1.807) is 26.2 Å². The van der Waals surface area contributed by atoms with Crippen LogP contribution >= 0.6 is 0 Å². The van der Waals surface area contributed by atoms with Gasteiger partial charge in [0.05, 0.1) is 5.41 Å². The molecular weight excluding hydrogens is 278 g/mol. The number of nitrogens with two attached hydrogens (primary N) is 1. The summed E-state index contributed by atoms with van der Waals surface area (Å²) in [6, 6.07) is 3.76. The largest absolute Gasteiger partial charge is 0.369 e. The predicted molar refractivity (Wildman–Crippen MR) is 86.2 cm³/mol. The number of hydrogen-bond donors (Lipinski definition) is 2. The van der Waals surface area contributed by atoms with E-state index in [0.29, 0.717) is 18.2 Å². The van der Waals surface area contributed by atoms with Crippen molar-refractivity contribution in [2.24, 2.45) is 11.1 Å². The van der Waals surface area contributed by atoms with Crippen LogP contribution in [0.3, 0.4) is 0 Å². The van der Waals surface area contributed by atoms with Gasteiger partial charge in [-0.15, -0.1) is 0 Å². The van der Waals surface area contributed by atoms with Crippen LogP contribution in [0.15, 0.2) is 24.5 Å². The van der Waals surface area contributed by atoms with Gasteiger partial charge < -0.3 is 11.1 Å². The van der Waals surface area contributed by atoms with E-state index >= 15 is 0 Å². The molecule has 0 unspecified atom stereocenters. The number of aryl methyl sites for hydroxylation is 1. The van der Waals surface area contributed by atoms with Crippen molar-refractivity contribution in [1.82, 2.24) is 15.0 Å². The van der Waals surface area contributed by atoms with Crippen LogP contribution in [0, 0.1) is 19.3 Å². The Morgan fingerprint density at radius 3 is 2.64 bits per heavy atom. The highest BCUT2D eigenvalue weighted by Gasteiger charge is 2.25. The van der Waals surface area contributed by atoms with Crippen LogP contribution in [-0.2, 0) is 4.79 Å². The van der Waals surface area contributed by atoms with Crippen LogP contribution in [0.25, 0.3) is 11.4 Å². The van der Waals surface area contributed by atoms with Gasteiger partial charge >= 0.3 is 0 Å². The molecule has 0 saturated carbocycles. The third kappa shape index (κ3) is 3.39. The molecule has 0 atom stereocenters. The Labute approximate surface area is 130 Å². The van der Waals surface area contributed by atoms with E-state index in [9.17, 15) is 4.79 Å². The van der Waals surface area contributed by atoms with Crippen molar-refractivity contribution in [1.29, 1.82) is 0 Å². The SMILES string of the molecule is Cc1nc(-c2cccnc2)nc(NCC(C)(C)C(N)=O)c1C. The van der Waals surface area contributed by atoms with Crippen LogP contribution in [0.5, 0.6) is 0 Å². The number of primary amides is 1. The summed E-state index contributed by atoms with van der Waals surface area (Å²) in [6.45, 7) is 7.89. The van der Waals surface area contributed by atoms with Crippen molar-refractivity contribution in [3.63, 3.8) is 0 Å². The van der Waals surface area contributed by atoms with Crippen molar-refractivity contribution in [2.45, 2.75) is 27.7 Å². The highest BCUT2D eigenvalue weighted by Crippen LogP contribution is 2.22. The second-order valence-electron chi connectivity index (χ2n) is 5.95. The minimum atomic E-state index is -0.653. The molecule has 116 valence electrons. The van der Waals surface area contributed by atoms with E-state index in [1.807, 2.05) is 26.0 Å². The van der Waals surface area contributed by atoms with E-state index in [2.05, 4.69) is 20.3 Å². The third-order valence-electron chi connectivity index (χ3n) is 3.67. The molecule has 0 radical (unpaired) electrons. The van der Waals surface area contributed by atoms with Gasteiger partial charge in [-0.1, -0.05) is 0 Å². The maximum absolute atomic E-state index is 11.4. The van der Waals surface area contributed by atoms with Crippen molar-refractivity contribution in [3.05, 3.63) is 35.8 Å². The van der Waals surface area contributed by atoms with Gasteiger partial charge in [-0.25, -0.2) is 9.97 Å². The fourth-order valence-corrected chi connectivity index (χ4v) is 1.82. The molecule has 0 spiro atoms. The molecule has 0 saturated heterocycles. The first-order chi connectivity index (χ1) is 10.3. The minimum Gasteiger partial charge on any atom is -0.369 e. The molecule has 0 fully saturated rings. The predicted octanol–water partition coefficient (Wildman–Crippen LogP) is 2.08. The number of carbonyl (C=O) groups excluding carboxylic acids is 1. The summed E-state index contributed by atoms with van der Waals surface area (Å²) >= 11 is 0. The normalized spacial score (nSPS) is 11.3. The average molecular weight is 299 g/mol. The number of amides is 1. The lowest BCUT2D eigenvalue weighted by Gasteiger charge is -2.22. The zero-order valence-corrected chi connectivity index (χ0v) is 13.3. The van der Waals surface area contributed by atoms with Gasteiger partial charge in [-0.3, -0.25) is 9.78 Å². The highest BCUT2D eigenvalue weighted by atomic mass is 16.1. The van der Waals surface area contributed by atoms with Gasteiger partial charge in [0.25, 0.3) is 0 Å². The second kappa shape index (κ2) is 6.09. The Bertz CT molecular complexity index is 682. The van der Waals surface area contributed by atoms with Gasteiger partial charge in [0.15, 0.2) is 5.82 Å². The van der Waals surface area contributed by atoms with Crippen molar-refractivity contribution in [3.8, 4) is 11.4 Å². The number of aromatic nitrogens is 3. The summed E-state index contributed by atoms with van der Waals surface area (Å²) < 4.78 is 0. The molecule has 0 aliphatic heterocycles. The topological polar surface area (TPSA) is 93.8 Å². The molecule has 6 heteroatoms. The van der Waals surface area contributed by atoms with E-state index in [0.717, 1.165) is 16.8 Å². The summed E-state index contributed by atoms with van der Waals surface area (Å²) in [5.41, 5.74) is 7.43. The molecule has 2 heterocycles. The van der Waals surface area contributed by atoms with Crippen LogP contribution in [0.2, 0.25) is 0 Å². The van der Waals surface area contributed by atoms with Crippen LogP contribution in [-0.4, -0.2) is 27.4 Å². The first-order valence-electron chi connectivity index (χ1n) is 7.10. The molecular formula is C16H21N5O. The van der Waals surface area contributed by atoms with Gasteiger partial charge in [-0.2, -0.15) is 0 Å². The molecule has 2 aromatic heterocycles. The van der Waals surface area contributed by atoms with E-state index in [1.165, 1.54) is 0 Å². The molecule has 0 aromatic carbocycles. The molecule has 2 aromatic rings. The standard InChI is InChI=1S/C16H21N5O/c1-10-11(2)20-14(12-6-5-7-18-8-12)21-13(10)19-9-16(3,4)15(17)22/h5-8H,9H2,1-4H3,(H2,17,22)(H,19,20,21). The van der Waals surface area contributed by atoms with Gasteiger partial charge in [0.2, 0.25) is 5.91 Å². The Hall–Kier alpha value is -2.50. The molecule has 6 nitrogen and oxygen atoms in total. The lowest BCUT2D eigenvalue weighted by Crippen LogP contribution is -2.37. The number of rotatable bonds is 5. The zero-order valence-electron chi connectivity index (χ0n) is 13.3. The van der Waals surface area contributed by atoms with E-state index < -0.39 is 5.41 Å². The Kier molecular flexibility index (Phi) is 4.40. The van der Waals surface area contributed by atoms with Crippen LogP contribution < -0.4 is 11.1 Å². The van der Waals surface area contributed by atoms with Crippen molar-refractivity contribution < 1.29 is 4.79 Å². The number of pyridine rings is 1. The monoisotopic (exact) mass is 299 g/mol. The molecule has 0 aliphatic carbocycles. The summed E-state index contributed by atoms with van der Waals surface area (Å²) in [6.07, 6.45) is 3.43. The molecule has 22 heavy (non-hydrogen) atoms. The fourth-order valence-electron chi connectivity index (χ4n) is 1.82. The Balaban J connectivity index is 2.32. The maximum atomic E-state index is 11.4. The minimum absolute atomic E-state index is 0.351. The Morgan fingerprint density at radius 1 is 1.32 bits per heavy atom. The van der Waals surface area contributed by atoms with Crippen LogP contribution in [0.4, 0.5) is 5.82 Å². The Morgan fingerprint density at radius 2 is 2.05 bits per heavy atom. The van der Waals surface area contributed by atoms with Gasteiger partial charge in [0, 0.05) is 35.8 Å². The lowest BCUT2D eigenvalue weighted by atomic mass is 9.93. The van der Waals surface area contributed by atoms with E-state index in [-0.39, 0.29) is 5.91 Å². The molecule has 3 N–H and O–H groups in total. The van der Waals surface area contributed by atoms with E-state index in [4.69, 9.17) is 5.73 Å². The summed E-state index contributed by atoms with van der Waals surface area (Å²) in [5, 5.41) is 3.21. The molecule has 1 amide bonds. The first kappa shape index (κ1) is 15.9. The number of hydrogen-bond acceptors (Lipinski definition) is 5. The zero-order chi connectivity index (χ0) is 16.3. The second-order valence-corrected chi connectivity index (χ2v) is 5.95. The summed E-state index contributed by atoms with van der Waals surface area (Å²) in [7, 11) is 0. The first-order valence-corrected chi connectivity index (χ1v) is 7.10. The third-order valence-corrected chi connectivity index (χ3v) is 3.67. The van der Waals surface area contributed by atoms with Crippen molar-refractivity contribution >= 4 is 11.7 Å². The molecule has 0 aliphatic rings. The smallest absolute Gasteiger partial charge is 0.224 e. The van der Waals surface area contributed by atoms with Crippen LogP contribution in [0.1, 0.15) is 25.1 Å². The summed E-state index contributed by atoms with van der Waals surface area (Å²) in [4.78, 5) is 24.6. The molecule has 2 rings (SSSR count). The quantitative estimate of drug-likeness (QED) is 0.881. The molecule has 0 bridgehead atoms. The van der Waals surface area contributed by atoms with Crippen molar-refractivity contribution in [2.75, 3.05) is 11.9 Å². The van der Waals surface area contributed by atoms with Gasteiger partial charge in [0.1, 0.15) is 5.82 Å². The number of nitrogens with one attached hydrogen (secondary N) is 1.